The fourth-order valence-corrected chi connectivity index (χ4v) is 4.97. The Morgan fingerprint density at radius 3 is 2.10 bits per heavy atom. The van der Waals surface area contributed by atoms with Gasteiger partial charge in [0.25, 0.3) is 5.91 Å². The minimum atomic E-state index is -3.56. The van der Waals surface area contributed by atoms with Crippen molar-refractivity contribution in [3.05, 3.63) is 84.4 Å². The summed E-state index contributed by atoms with van der Waals surface area (Å²) in [6, 6.07) is 23.3. The third-order valence-electron chi connectivity index (χ3n) is 5.00. The molecule has 1 aliphatic rings. The highest BCUT2D eigenvalue weighted by Crippen LogP contribution is 2.23. The van der Waals surface area contributed by atoms with Crippen LogP contribution in [0.3, 0.4) is 0 Å². The van der Waals surface area contributed by atoms with E-state index in [9.17, 15) is 13.2 Å². The summed E-state index contributed by atoms with van der Waals surface area (Å²) in [6.45, 7) is 1.06. The number of benzene rings is 3. The molecule has 30 heavy (non-hydrogen) atoms. The van der Waals surface area contributed by atoms with Gasteiger partial charge in [-0.25, -0.2) is 8.42 Å². The molecule has 2 N–H and O–H groups in total. The molecule has 0 radical (unpaired) electrons. The monoisotopic (exact) mass is 421 g/mol. The third-order valence-corrected chi connectivity index (χ3v) is 6.90. The van der Waals surface area contributed by atoms with Crippen molar-refractivity contribution < 1.29 is 13.2 Å². The van der Waals surface area contributed by atoms with Gasteiger partial charge in [0.05, 0.1) is 4.90 Å². The number of hydrogen-bond acceptors (Lipinski definition) is 4. The molecule has 4 rings (SSSR count). The van der Waals surface area contributed by atoms with Gasteiger partial charge in [0.2, 0.25) is 10.0 Å². The second kappa shape index (κ2) is 8.69. The van der Waals surface area contributed by atoms with Crippen LogP contribution in [-0.4, -0.2) is 31.7 Å². The van der Waals surface area contributed by atoms with Crippen molar-refractivity contribution in [2.45, 2.75) is 17.7 Å². The average Bonchev–Trinajstić information content (AvgIpc) is 3.32. The number of rotatable bonds is 6. The van der Waals surface area contributed by atoms with Crippen LogP contribution in [0.1, 0.15) is 23.2 Å². The van der Waals surface area contributed by atoms with E-state index in [-0.39, 0.29) is 10.8 Å². The van der Waals surface area contributed by atoms with Crippen LogP contribution in [-0.2, 0) is 10.0 Å². The van der Waals surface area contributed by atoms with E-state index in [2.05, 4.69) is 10.6 Å². The maximum atomic E-state index is 12.7. The lowest BCUT2D eigenvalue weighted by atomic mass is 10.2. The summed E-state index contributed by atoms with van der Waals surface area (Å²) < 4.78 is 27.0. The van der Waals surface area contributed by atoms with Crippen LogP contribution in [0.5, 0.6) is 0 Å². The maximum absolute atomic E-state index is 12.7. The van der Waals surface area contributed by atoms with Crippen molar-refractivity contribution in [3.63, 3.8) is 0 Å². The molecule has 6 nitrogen and oxygen atoms in total. The van der Waals surface area contributed by atoms with E-state index in [0.29, 0.717) is 24.3 Å². The van der Waals surface area contributed by atoms with E-state index in [1.54, 1.807) is 24.3 Å². The summed E-state index contributed by atoms with van der Waals surface area (Å²) in [4.78, 5) is 12.8. The van der Waals surface area contributed by atoms with Crippen molar-refractivity contribution in [3.8, 4) is 0 Å². The van der Waals surface area contributed by atoms with Crippen molar-refractivity contribution in [2.75, 3.05) is 23.7 Å². The van der Waals surface area contributed by atoms with Crippen LogP contribution >= 0.6 is 0 Å². The number of para-hydroxylation sites is 1. The fraction of sp³-hybridized carbons (Fsp3) is 0.174. The lowest BCUT2D eigenvalue weighted by Gasteiger charge is -2.16. The molecule has 7 heteroatoms. The molecule has 0 bridgehead atoms. The highest BCUT2D eigenvalue weighted by atomic mass is 32.2. The SMILES string of the molecule is O=C(Nc1ccc(Nc2ccccc2)cc1)c1cccc(S(=O)(=O)N2CCCC2)c1. The van der Waals surface area contributed by atoms with Crippen LogP contribution in [0.15, 0.2) is 83.8 Å². The van der Waals surface area contributed by atoms with Gasteiger partial charge < -0.3 is 10.6 Å². The molecule has 0 saturated carbocycles. The van der Waals surface area contributed by atoms with Crippen LogP contribution in [0.25, 0.3) is 0 Å². The van der Waals surface area contributed by atoms with Crippen molar-refractivity contribution in [1.82, 2.24) is 4.31 Å². The van der Waals surface area contributed by atoms with Gasteiger partial charge in [-0.3, -0.25) is 4.79 Å². The predicted octanol–water partition coefficient (Wildman–Crippen LogP) is 4.47. The molecular formula is C23H23N3O3S. The summed E-state index contributed by atoms with van der Waals surface area (Å²) in [6.07, 6.45) is 1.74. The van der Waals surface area contributed by atoms with Crippen LogP contribution in [0.2, 0.25) is 0 Å². The molecule has 1 amide bonds. The quantitative estimate of drug-likeness (QED) is 0.616. The van der Waals surface area contributed by atoms with E-state index in [1.165, 1.54) is 16.4 Å². The Morgan fingerprint density at radius 1 is 0.767 bits per heavy atom. The summed E-state index contributed by atoms with van der Waals surface area (Å²) in [7, 11) is -3.56. The van der Waals surface area contributed by atoms with E-state index in [4.69, 9.17) is 0 Å². The minimum absolute atomic E-state index is 0.152. The minimum Gasteiger partial charge on any atom is -0.356 e. The highest BCUT2D eigenvalue weighted by Gasteiger charge is 2.27. The molecular weight excluding hydrogens is 398 g/mol. The standard InChI is InChI=1S/C23H23N3O3S/c27-23(18-7-6-10-22(17-18)30(28,29)26-15-4-5-16-26)25-21-13-11-20(12-14-21)24-19-8-2-1-3-9-19/h1-3,6-14,17,24H,4-5,15-16H2,(H,25,27). The topological polar surface area (TPSA) is 78.5 Å². The Kier molecular flexibility index (Phi) is 5.83. The highest BCUT2D eigenvalue weighted by molar-refractivity contribution is 7.89. The summed E-state index contributed by atoms with van der Waals surface area (Å²) >= 11 is 0. The molecule has 1 aliphatic heterocycles. The largest absolute Gasteiger partial charge is 0.356 e. The van der Waals surface area contributed by atoms with E-state index < -0.39 is 10.0 Å². The molecule has 0 spiro atoms. The van der Waals surface area contributed by atoms with E-state index in [0.717, 1.165) is 24.2 Å². The molecule has 0 aromatic heterocycles. The van der Waals surface area contributed by atoms with Gasteiger partial charge in [-0.15, -0.1) is 0 Å². The fourth-order valence-electron chi connectivity index (χ4n) is 3.40. The second-order valence-electron chi connectivity index (χ2n) is 7.16. The number of amides is 1. The third kappa shape index (κ3) is 4.53. The Balaban J connectivity index is 1.45. The van der Waals surface area contributed by atoms with E-state index in [1.807, 2.05) is 42.5 Å². The first-order valence-corrected chi connectivity index (χ1v) is 11.3. The summed E-state index contributed by atoms with van der Waals surface area (Å²) in [5.74, 6) is -0.350. The average molecular weight is 422 g/mol. The lowest BCUT2D eigenvalue weighted by Crippen LogP contribution is -2.28. The number of anilines is 3. The van der Waals surface area contributed by atoms with Crippen LogP contribution in [0, 0.1) is 0 Å². The Labute approximate surface area is 176 Å². The van der Waals surface area contributed by atoms with Gasteiger partial charge in [-0.05, 0) is 67.4 Å². The number of nitrogens with zero attached hydrogens (tertiary/aromatic N) is 1. The zero-order valence-corrected chi connectivity index (χ0v) is 17.2. The number of carbonyl (C=O) groups is 1. The first-order chi connectivity index (χ1) is 14.5. The van der Waals surface area contributed by atoms with Gasteiger partial charge in [-0.2, -0.15) is 4.31 Å². The van der Waals surface area contributed by atoms with Gasteiger partial charge in [0.15, 0.2) is 0 Å². The van der Waals surface area contributed by atoms with E-state index >= 15 is 0 Å². The molecule has 3 aromatic carbocycles. The summed E-state index contributed by atoms with van der Waals surface area (Å²) in [5.41, 5.74) is 2.82. The molecule has 3 aromatic rings. The van der Waals surface area contributed by atoms with Crippen molar-refractivity contribution in [1.29, 1.82) is 0 Å². The molecule has 1 fully saturated rings. The molecule has 0 aliphatic carbocycles. The van der Waals surface area contributed by atoms with Crippen molar-refractivity contribution >= 4 is 33.0 Å². The second-order valence-corrected chi connectivity index (χ2v) is 9.10. The maximum Gasteiger partial charge on any atom is 0.255 e. The smallest absolute Gasteiger partial charge is 0.255 e. The van der Waals surface area contributed by atoms with Gasteiger partial charge in [-0.1, -0.05) is 24.3 Å². The molecule has 1 saturated heterocycles. The molecule has 0 unspecified atom stereocenters. The lowest BCUT2D eigenvalue weighted by molar-refractivity contribution is 0.102. The number of sulfonamides is 1. The van der Waals surface area contributed by atoms with Gasteiger partial charge in [0, 0.05) is 35.7 Å². The number of hydrogen-bond donors (Lipinski definition) is 2. The normalized spacial score (nSPS) is 14.4. The summed E-state index contributed by atoms with van der Waals surface area (Å²) in [5, 5.41) is 6.11. The number of carbonyl (C=O) groups excluding carboxylic acids is 1. The van der Waals surface area contributed by atoms with Crippen molar-refractivity contribution in [2.24, 2.45) is 0 Å². The molecule has 1 heterocycles. The van der Waals surface area contributed by atoms with Gasteiger partial charge in [0.1, 0.15) is 0 Å². The Hall–Kier alpha value is -3.16. The first-order valence-electron chi connectivity index (χ1n) is 9.86. The van der Waals surface area contributed by atoms with Crippen LogP contribution < -0.4 is 10.6 Å². The molecule has 154 valence electrons. The zero-order valence-electron chi connectivity index (χ0n) is 16.4. The van der Waals surface area contributed by atoms with Crippen LogP contribution in [0.4, 0.5) is 17.1 Å². The zero-order chi connectivity index (χ0) is 21.0. The predicted molar refractivity (Wildman–Crippen MR) is 119 cm³/mol. The molecule has 0 atom stereocenters. The Morgan fingerprint density at radius 2 is 1.40 bits per heavy atom. The van der Waals surface area contributed by atoms with Gasteiger partial charge >= 0.3 is 0 Å². The number of nitrogens with one attached hydrogen (secondary N) is 2. The Bertz CT molecular complexity index is 1120. The first kappa shape index (κ1) is 20.1.